The van der Waals surface area contributed by atoms with E-state index in [2.05, 4.69) is 12.2 Å². The Hall–Kier alpha value is -0.970. The van der Waals surface area contributed by atoms with Crippen LogP contribution in [0.1, 0.15) is 30.1 Å². The number of amides is 1. The van der Waals surface area contributed by atoms with E-state index in [9.17, 15) is 4.79 Å². The molecule has 6 heteroatoms. The summed E-state index contributed by atoms with van der Waals surface area (Å²) in [5.41, 5.74) is 6.31. The molecular formula is C13H18Cl2N2O2. The van der Waals surface area contributed by atoms with Gasteiger partial charge in [-0.3, -0.25) is 4.79 Å². The van der Waals surface area contributed by atoms with Gasteiger partial charge in [-0.25, -0.2) is 0 Å². The number of unbranched alkanes of at least 4 members (excludes halogenated alkanes) is 1. The van der Waals surface area contributed by atoms with Crippen molar-refractivity contribution in [2.75, 3.05) is 25.5 Å². The van der Waals surface area contributed by atoms with Crippen molar-refractivity contribution in [2.24, 2.45) is 0 Å². The van der Waals surface area contributed by atoms with Crippen LogP contribution in [0, 0.1) is 0 Å². The van der Waals surface area contributed by atoms with Crippen molar-refractivity contribution in [2.45, 2.75) is 19.8 Å². The van der Waals surface area contributed by atoms with Crippen LogP contribution in [-0.4, -0.2) is 25.7 Å². The minimum absolute atomic E-state index is 0.209. The largest absolute Gasteiger partial charge is 0.399 e. The first-order chi connectivity index (χ1) is 9.06. The van der Waals surface area contributed by atoms with Crippen molar-refractivity contribution < 1.29 is 9.53 Å². The average Bonchev–Trinajstić information content (AvgIpc) is 2.37. The normalized spacial score (nSPS) is 10.5. The molecule has 0 radical (unpaired) electrons. The van der Waals surface area contributed by atoms with E-state index in [0.29, 0.717) is 25.4 Å². The molecule has 0 bridgehead atoms. The summed E-state index contributed by atoms with van der Waals surface area (Å²) in [5.74, 6) is -0.307. The molecule has 4 nitrogen and oxygen atoms in total. The lowest BCUT2D eigenvalue weighted by molar-refractivity contribution is 0.0913. The van der Waals surface area contributed by atoms with E-state index >= 15 is 0 Å². The molecule has 1 aromatic rings. The number of hydrogen-bond donors (Lipinski definition) is 2. The number of rotatable bonds is 7. The molecule has 0 spiro atoms. The molecule has 0 heterocycles. The van der Waals surface area contributed by atoms with Gasteiger partial charge in [0.15, 0.2) is 0 Å². The Morgan fingerprint density at radius 1 is 1.37 bits per heavy atom. The fourth-order valence-corrected chi connectivity index (χ4v) is 1.88. The molecule has 0 aliphatic rings. The van der Waals surface area contributed by atoms with Gasteiger partial charge in [0, 0.05) is 18.8 Å². The molecule has 0 aliphatic heterocycles. The van der Waals surface area contributed by atoms with E-state index in [1.807, 2.05) is 0 Å². The van der Waals surface area contributed by atoms with Crippen LogP contribution in [0.5, 0.6) is 0 Å². The van der Waals surface area contributed by atoms with E-state index in [4.69, 9.17) is 33.7 Å². The molecule has 1 aromatic carbocycles. The van der Waals surface area contributed by atoms with Gasteiger partial charge in [-0.2, -0.15) is 0 Å². The van der Waals surface area contributed by atoms with Crippen LogP contribution < -0.4 is 11.1 Å². The molecule has 106 valence electrons. The Morgan fingerprint density at radius 2 is 2.11 bits per heavy atom. The molecular weight excluding hydrogens is 287 g/mol. The minimum Gasteiger partial charge on any atom is -0.399 e. The number of hydrogen-bond acceptors (Lipinski definition) is 3. The van der Waals surface area contributed by atoms with Gasteiger partial charge in [-0.15, -0.1) is 0 Å². The average molecular weight is 305 g/mol. The maximum Gasteiger partial charge on any atom is 0.253 e. The van der Waals surface area contributed by atoms with Crippen LogP contribution in [0.4, 0.5) is 5.69 Å². The van der Waals surface area contributed by atoms with E-state index in [1.54, 1.807) is 0 Å². The van der Waals surface area contributed by atoms with Crippen molar-refractivity contribution >= 4 is 34.8 Å². The molecule has 0 fully saturated rings. The third kappa shape index (κ3) is 5.27. The smallest absolute Gasteiger partial charge is 0.253 e. The number of ether oxygens (including phenoxy) is 1. The molecule has 1 amide bonds. The Kier molecular flexibility index (Phi) is 6.99. The molecule has 0 saturated heterocycles. The number of carbonyl (C=O) groups excluding carboxylic acids is 1. The summed E-state index contributed by atoms with van der Waals surface area (Å²) < 4.78 is 5.34. The summed E-state index contributed by atoms with van der Waals surface area (Å²) in [6.07, 6.45) is 2.11. The second-order valence-corrected chi connectivity index (χ2v) is 4.87. The number of carbonyl (C=O) groups is 1. The van der Waals surface area contributed by atoms with Gasteiger partial charge in [0.1, 0.15) is 0 Å². The summed E-state index contributed by atoms with van der Waals surface area (Å²) >= 11 is 11.8. The number of halogens is 2. The summed E-state index contributed by atoms with van der Waals surface area (Å²) in [6.45, 7) is 3.69. The molecule has 0 unspecified atom stereocenters. The summed E-state index contributed by atoms with van der Waals surface area (Å²) in [5, 5.41) is 3.19. The standard InChI is InChI=1S/C13H18Cl2N2O2/c1-2-3-5-19-6-4-17-13(18)10-7-9(16)8-11(14)12(10)15/h7-8H,2-6,16H2,1H3,(H,17,18). The molecule has 0 aliphatic carbocycles. The predicted octanol–water partition coefficient (Wildman–Crippen LogP) is 3.12. The van der Waals surface area contributed by atoms with Gasteiger partial charge in [0.2, 0.25) is 0 Å². The molecule has 19 heavy (non-hydrogen) atoms. The molecule has 0 saturated carbocycles. The highest BCUT2D eigenvalue weighted by atomic mass is 35.5. The lowest BCUT2D eigenvalue weighted by atomic mass is 10.2. The first-order valence-corrected chi connectivity index (χ1v) is 6.92. The Balaban J connectivity index is 2.46. The van der Waals surface area contributed by atoms with Gasteiger partial charge in [0.25, 0.3) is 5.91 Å². The highest BCUT2D eigenvalue weighted by molar-refractivity contribution is 6.44. The third-order valence-corrected chi connectivity index (χ3v) is 3.27. The number of nitrogens with two attached hydrogens (primary N) is 1. The summed E-state index contributed by atoms with van der Waals surface area (Å²) in [7, 11) is 0. The van der Waals surface area contributed by atoms with Gasteiger partial charge < -0.3 is 15.8 Å². The molecule has 1 rings (SSSR count). The van der Waals surface area contributed by atoms with E-state index in [-0.39, 0.29) is 21.5 Å². The first kappa shape index (κ1) is 16.1. The highest BCUT2D eigenvalue weighted by Gasteiger charge is 2.13. The zero-order chi connectivity index (χ0) is 14.3. The van der Waals surface area contributed by atoms with Crippen molar-refractivity contribution in [3.63, 3.8) is 0 Å². The van der Waals surface area contributed by atoms with E-state index in [1.165, 1.54) is 12.1 Å². The highest BCUT2D eigenvalue weighted by Crippen LogP contribution is 2.28. The second-order valence-electron chi connectivity index (χ2n) is 4.09. The number of benzene rings is 1. The zero-order valence-corrected chi connectivity index (χ0v) is 12.4. The van der Waals surface area contributed by atoms with Gasteiger partial charge >= 0.3 is 0 Å². The Labute approximate surface area is 123 Å². The van der Waals surface area contributed by atoms with E-state index in [0.717, 1.165) is 12.8 Å². The van der Waals surface area contributed by atoms with Crippen molar-refractivity contribution in [3.8, 4) is 0 Å². The minimum atomic E-state index is -0.307. The van der Waals surface area contributed by atoms with Gasteiger partial charge in [-0.1, -0.05) is 36.5 Å². The second kappa shape index (κ2) is 8.25. The first-order valence-electron chi connectivity index (χ1n) is 6.16. The van der Waals surface area contributed by atoms with Crippen LogP contribution in [0.25, 0.3) is 0 Å². The van der Waals surface area contributed by atoms with Crippen LogP contribution in [-0.2, 0) is 4.74 Å². The van der Waals surface area contributed by atoms with Gasteiger partial charge in [0.05, 0.1) is 22.2 Å². The third-order valence-electron chi connectivity index (χ3n) is 2.47. The number of anilines is 1. The summed E-state index contributed by atoms with van der Waals surface area (Å²) in [4.78, 5) is 11.9. The summed E-state index contributed by atoms with van der Waals surface area (Å²) in [6, 6.07) is 3.01. The van der Waals surface area contributed by atoms with Crippen molar-refractivity contribution in [3.05, 3.63) is 27.7 Å². The number of nitrogens with one attached hydrogen (secondary N) is 1. The topological polar surface area (TPSA) is 64.3 Å². The Bertz CT molecular complexity index is 439. The predicted molar refractivity (Wildman–Crippen MR) is 78.9 cm³/mol. The fourth-order valence-electron chi connectivity index (χ4n) is 1.46. The van der Waals surface area contributed by atoms with Crippen molar-refractivity contribution in [1.82, 2.24) is 5.32 Å². The van der Waals surface area contributed by atoms with Crippen molar-refractivity contribution in [1.29, 1.82) is 0 Å². The zero-order valence-electron chi connectivity index (χ0n) is 10.8. The maximum absolute atomic E-state index is 11.9. The monoisotopic (exact) mass is 304 g/mol. The van der Waals surface area contributed by atoms with Crippen LogP contribution in [0.15, 0.2) is 12.1 Å². The van der Waals surface area contributed by atoms with E-state index < -0.39 is 0 Å². The lowest BCUT2D eigenvalue weighted by Gasteiger charge is -2.09. The Morgan fingerprint density at radius 3 is 2.79 bits per heavy atom. The molecule has 0 atom stereocenters. The fraction of sp³-hybridized carbons (Fsp3) is 0.462. The van der Waals surface area contributed by atoms with Crippen LogP contribution >= 0.6 is 23.2 Å². The molecule has 3 N–H and O–H groups in total. The molecule has 0 aromatic heterocycles. The lowest BCUT2D eigenvalue weighted by Crippen LogP contribution is -2.27. The van der Waals surface area contributed by atoms with Crippen LogP contribution in [0.2, 0.25) is 10.0 Å². The van der Waals surface area contributed by atoms with Gasteiger partial charge in [-0.05, 0) is 18.6 Å². The maximum atomic E-state index is 11.9. The van der Waals surface area contributed by atoms with Crippen LogP contribution in [0.3, 0.4) is 0 Å². The number of nitrogen functional groups attached to an aromatic ring is 1. The SMILES string of the molecule is CCCCOCCNC(=O)c1cc(N)cc(Cl)c1Cl. The quantitative estimate of drug-likeness (QED) is 0.601.